The van der Waals surface area contributed by atoms with Gasteiger partial charge in [0, 0.05) is 0 Å². The topological polar surface area (TPSA) is 26.0 Å². The average Bonchev–Trinajstić information content (AvgIpc) is 2.06. The molecule has 0 aliphatic heterocycles. The van der Waals surface area contributed by atoms with Gasteiger partial charge in [-0.15, -0.1) is 0 Å². The summed E-state index contributed by atoms with van der Waals surface area (Å²) in [5.74, 6) is 2.82. The minimum atomic E-state index is 0.863. The Kier molecular flexibility index (Phi) is 4.07. The summed E-state index contributed by atoms with van der Waals surface area (Å²) in [6.45, 7) is 5.62. The second kappa shape index (κ2) is 4.86. The van der Waals surface area contributed by atoms with Crippen LogP contribution in [0.5, 0.6) is 0 Å². The van der Waals surface area contributed by atoms with Gasteiger partial charge in [-0.1, -0.05) is 26.7 Å². The van der Waals surface area contributed by atoms with Crippen molar-refractivity contribution in [2.75, 3.05) is 6.54 Å². The van der Waals surface area contributed by atoms with Crippen molar-refractivity contribution in [2.45, 2.75) is 46.0 Å². The quantitative estimate of drug-likeness (QED) is 0.690. The Morgan fingerprint density at radius 2 is 1.83 bits per heavy atom. The zero-order valence-corrected chi connectivity index (χ0v) is 8.55. The number of hydrogen-bond donors (Lipinski definition) is 1. The summed E-state index contributed by atoms with van der Waals surface area (Å²) in [5.41, 5.74) is 5.56. The highest BCUT2D eigenvalue weighted by atomic mass is 14.5. The van der Waals surface area contributed by atoms with Gasteiger partial charge in [0.2, 0.25) is 0 Å². The van der Waals surface area contributed by atoms with Gasteiger partial charge in [-0.05, 0) is 43.6 Å². The van der Waals surface area contributed by atoms with Crippen LogP contribution < -0.4 is 5.73 Å². The molecule has 0 aromatic rings. The number of hydrogen-bond acceptors (Lipinski definition) is 1. The Hall–Kier alpha value is -0.0400. The molecule has 1 atom stereocenters. The Morgan fingerprint density at radius 1 is 1.25 bits per heavy atom. The van der Waals surface area contributed by atoms with Crippen LogP contribution in [0.2, 0.25) is 0 Å². The van der Waals surface area contributed by atoms with Crippen molar-refractivity contribution < 1.29 is 0 Å². The largest absolute Gasteiger partial charge is 0.330 e. The highest BCUT2D eigenvalue weighted by molar-refractivity contribution is 4.74. The van der Waals surface area contributed by atoms with Gasteiger partial charge >= 0.3 is 0 Å². The summed E-state index contributed by atoms with van der Waals surface area (Å²) >= 11 is 0. The van der Waals surface area contributed by atoms with Crippen molar-refractivity contribution in [1.82, 2.24) is 0 Å². The van der Waals surface area contributed by atoms with Gasteiger partial charge in [0.1, 0.15) is 0 Å². The molecule has 72 valence electrons. The van der Waals surface area contributed by atoms with Crippen molar-refractivity contribution >= 4 is 0 Å². The fraction of sp³-hybridized carbons (Fsp3) is 1.00. The van der Waals surface area contributed by atoms with Crippen molar-refractivity contribution in [3.8, 4) is 0 Å². The first-order chi connectivity index (χ1) is 5.74. The van der Waals surface area contributed by atoms with Gasteiger partial charge in [0.25, 0.3) is 0 Å². The van der Waals surface area contributed by atoms with Gasteiger partial charge in [-0.2, -0.15) is 0 Å². The highest BCUT2D eigenvalue weighted by Crippen LogP contribution is 2.33. The molecule has 0 amide bonds. The van der Waals surface area contributed by atoms with Crippen LogP contribution in [0.4, 0.5) is 0 Å². The molecule has 0 aromatic heterocycles. The SMILES string of the molecule is CC1CCC(C(C)CCN)CC1. The van der Waals surface area contributed by atoms with E-state index in [1.807, 2.05) is 0 Å². The van der Waals surface area contributed by atoms with Crippen LogP contribution in [0.1, 0.15) is 46.0 Å². The van der Waals surface area contributed by atoms with Crippen LogP contribution in [0.3, 0.4) is 0 Å². The summed E-state index contributed by atoms with van der Waals surface area (Å²) in [7, 11) is 0. The van der Waals surface area contributed by atoms with Gasteiger partial charge < -0.3 is 5.73 Å². The van der Waals surface area contributed by atoms with E-state index in [2.05, 4.69) is 13.8 Å². The summed E-state index contributed by atoms with van der Waals surface area (Å²) in [6.07, 6.45) is 7.00. The molecule has 1 fully saturated rings. The zero-order valence-electron chi connectivity index (χ0n) is 8.55. The molecule has 0 bridgehead atoms. The molecule has 1 aliphatic rings. The normalized spacial score (nSPS) is 33.2. The number of nitrogens with two attached hydrogens (primary N) is 1. The average molecular weight is 169 g/mol. The second-order valence-corrected chi connectivity index (χ2v) is 4.57. The first-order valence-electron chi connectivity index (χ1n) is 5.44. The van der Waals surface area contributed by atoms with E-state index in [9.17, 15) is 0 Å². The highest BCUT2D eigenvalue weighted by Gasteiger charge is 2.22. The van der Waals surface area contributed by atoms with E-state index >= 15 is 0 Å². The van der Waals surface area contributed by atoms with Crippen LogP contribution in [0, 0.1) is 17.8 Å². The molecule has 0 radical (unpaired) electrons. The molecule has 1 unspecified atom stereocenters. The zero-order chi connectivity index (χ0) is 8.97. The molecular weight excluding hydrogens is 146 g/mol. The van der Waals surface area contributed by atoms with Crippen molar-refractivity contribution in [2.24, 2.45) is 23.5 Å². The molecule has 1 aliphatic carbocycles. The Labute approximate surface area is 76.7 Å². The smallest absolute Gasteiger partial charge is 0.00746 e. The third-order valence-corrected chi connectivity index (χ3v) is 3.49. The summed E-state index contributed by atoms with van der Waals surface area (Å²) in [5, 5.41) is 0. The fourth-order valence-electron chi connectivity index (χ4n) is 2.35. The predicted molar refractivity (Wildman–Crippen MR) is 54.0 cm³/mol. The summed E-state index contributed by atoms with van der Waals surface area (Å²) in [4.78, 5) is 0. The lowest BCUT2D eigenvalue weighted by atomic mass is 9.76. The van der Waals surface area contributed by atoms with Gasteiger partial charge in [0.05, 0.1) is 0 Å². The second-order valence-electron chi connectivity index (χ2n) is 4.57. The van der Waals surface area contributed by atoms with Crippen molar-refractivity contribution in [1.29, 1.82) is 0 Å². The Balaban J connectivity index is 2.24. The molecule has 0 spiro atoms. The minimum absolute atomic E-state index is 0.863. The van der Waals surface area contributed by atoms with Gasteiger partial charge in [0.15, 0.2) is 0 Å². The van der Waals surface area contributed by atoms with Crippen molar-refractivity contribution in [3.63, 3.8) is 0 Å². The molecule has 0 aromatic carbocycles. The predicted octanol–water partition coefficient (Wildman–Crippen LogP) is 2.80. The van der Waals surface area contributed by atoms with E-state index in [1.165, 1.54) is 32.1 Å². The lowest BCUT2D eigenvalue weighted by Gasteiger charge is -2.30. The van der Waals surface area contributed by atoms with Crippen LogP contribution in [-0.4, -0.2) is 6.54 Å². The molecule has 1 saturated carbocycles. The summed E-state index contributed by atoms with van der Waals surface area (Å²) < 4.78 is 0. The Bertz CT molecular complexity index is 114. The summed E-state index contributed by atoms with van der Waals surface area (Å²) in [6, 6.07) is 0. The van der Waals surface area contributed by atoms with Gasteiger partial charge in [-0.25, -0.2) is 0 Å². The lowest BCUT2D eigenvalue weighted by Crippen LogP contribution is -2.20. The van der Waals surface area contributed by atoms with E-state index in [-0.39, 0.29) is 0 Å². The standard InChI is InChI=1S/C11H23N/c1-9-3-5-11(6-4-9)10(2)7-8-12/h9-11H,3-8,12H2,1-2H3. The molecule has 1 nitrogen and oxygen atoms in total. The van der Waals surface area contributed by atoms with Crippen LogP contribution in [-0.2, 0) is 0 Å². The molecule has 1 heteroatoms. The third kappa shape index (κ3) is 2.78. The maximum atomic E-state index is 5.56. The molecule has 0 saturated heterocycles. The third-order valence-electron chi connectivity index (χ3n) is 3.49. The molecule has 12 heavy (non-hydrogen) atoms. The first-order valence-corrected chi connectivity index (χ1v) is 5.44. The van der Waals surface area contributed by atoms with Crippen LogP contribution in [0.15, 0.2) is 0 Å². The first kappa shape index (κ1) is 10.0. The van der Waals surface area contributed by atoms with Gasteiger partial charge in [-0.3, -0.25) is 0 Å². The molecule has 2 N–H and O–H groups in total. The van der Waals surface area contributed by atoms with E-state index in [4.69, 9.17) is 5.73 Å². The van der Waals surface area contributed by atoms with E-state index in [1.54, 1.807) is 0 Å². The monoisotopic (exact) mass is 169 g/mol. The fourth-order valence-corrected chi connectivity index (χ4v) is 2.35. The van der Waals surface area contributed by atoms with E-state index in [0.29, 0.717) is 0 Å². The minimum Gasteiger partial charge on any atom is -0.330 e. The Morgan fingerprint density at radius 3 is 2.33 bits per heavy atom. The van der Waals surface area contributed by atoms with Crippen LogP contribution >= 0.6 is 0 Å². The van der Waals surface area contributed by atoms with E-state index in [0.717, 1.165) is 24.3 Å². The lowest BCUT2D eigenvalue weighted by molar-refractivity contribution is 0.217. The van der Waals surface area contributed by atoms with E-state index < -0.39 is 0 Å². The molecule has 1 rings (SSSR count). The van der Waals surface area contributed by atoms with Crippen LogP contribution in [0.25, 0.3) is 0 Å². The molecular formula is C11H23N. The maximum absolute atomic E-state index is 5.56. The molecule has 0 heterocycles. The van der Waals surface area contributed by atoms with Crippen molar-refractivity contribution in [3.05, 3.63) is 0 Å². The maximum Gasteiger partial charge on any atom is -0.00746 e. The number of rotatable bonds is 3.